The lowest BCUT2D eigenvalue weighted by atomic mass is 10.9. The van der Waals surface area contributed by atoms with Crippen LogP contribution in [0.2, 0.25) is 0 Å². The molecule has 0 fully saturated rings. The Kier molecular flexibility index (Phi) is 6.65. The molecule has 0 aromatic heterocycles. The molecule has 9 heavy (non-hydrogen) atoms. The third-order valence-corrected chi connectivity index (χ3v) is 3.77. The Morgan fingerprint density at radius 3 is 2.11 bits per heavy atom. The number of methoxy groups -OCH3 is 1. The van der Waals surface area contributed by atoms with E-state index in [2.05, 4.69) is 13.8 Å². The van der Waals surface area contributed by atoms with Crippen molar-refractivity contribution in [1.29, 1.82) is 0 Å². The van der Waals surface area contributed by atoms with Gasteiger partial charge in [-0.2, -0.15) is 0 Å². The molecule has 0 radical (unpaired) electrons. The fourth-order valence-electron chi connectivity index (χ4n) is 0.694. The van der Waals surface area contributed by atoms with E-state index in [-0.39, 0.29) is 0 Å². The summed E-state index contributed by atoms with van der Waals surface area (Å²) in [6.45, 7) is 5.44. The lowest BCUT2D eigenvalue weighted by Gasteiger charge is -2.01. The highest BCUT2D eigenvalue weighted by Crippen LogP contribution is 1.94. The van der Waals surface area contributed by atoms with E-state index in [4.69, 9.17) is 4.74 Å². The van der Waals surface area contributed by atoms with Gasteiger partial charge in [-0.3, -0.25) is 0 Å². The zero-order valence-electron chi connectivity index (χ0n) is 6.64. The van der Waals surface area contributed by atoms with Crippen molar-refractivity contribution in [2.75, 3.05) is 31.0 Å². The highest BCUT2D eigenvalue weighted by molar-refractivity contribution is 7.96. The summed E-state index contributed by atoms with van der Waals surface area (Å²) in [5.41, 5.74) is 0. The summed E-state index contributed by atoms with van der Waals surface area (Å²) >= 11 is 0. The van der Waals surface area contributed by atoms with Crippen molar-refractivity contribution >= 4 is 10.9 Å². The summed E-state index contributed by atoms with van der Waals surface area (Å²) in [6.07, 6.45) is 0. The van der Waals surface area contributed by atoms with E-state index in [9.17, 15) is 0 Å². The summed E-state index contributed by atoms with van der Waals surface area (Å²) in [7, 11) is 2.41. The van der Waals surface area contributed by atoms with Crippen molar-refractivity contribution in [3.63, 3.8) is 0 Å². The van der Waals surface area contributed by atoms with Crippen LogP contribution in [0.3, 0.4) is 0 Å². The van der Waals surface area contributed by atoms with E-state index in [0.29, 0.717) is 10.9 Å². The molecule has 0 bridgehead atoms. The Hall–Kier alpha value is 0.310. The van der Waals surface area contributed by atoms with Gasteiger partial charge in [-0.25, -0.2) is 0 Å². The van der Waals surface area contributed by atoms with Gasteiger partial charge in [-0.15, -0.1) is 0 Å². The van der Waals surface area contributed by atoms with Crippen LogP contribution in [0.5, 0.6) is 0 Å². The number of rotatable bonds is 5. The topological polar surface area (TPSA) is 9.23 Å². The largest absolute Gasteiger partial charge is 0.380 e. The van der Waals surface area contributed by atoms with Gasteiger partial charge in [0, 0.05) is 7.11 Å². The maximum atomic E-state index is 4.98. The van der Waals surface area contributed by atoms with Crippen LogP contribution < -0.4 is 0 Å². The third-order valence-electron chi connectivity index (χ3n) is 1.39. The van der Waals surface area contributed by atoms with Crippen molar-refractivity contribution in [2.24, 2.45) is 0 Å². The highest BCUT2D eigenvalue weighted by atomic mass is 32.2. The van der Waals surface area contributed by atoms with Gasteiger partial charge in [0.25, 0.3) is 0 Å². The first-order valence-corrected chi connectivity index (χ1v) is 5.21. The molecule has 0 aromatic carbocycles. The van der Waals surface area contributed by atoms with Crippen molar-refractivity contribution < 1.29 is 4.74 Å². The Morgan fingerprint density at radius 1 is 1.22 bits per heavy atom. The van der Waals surface area contributed by atoms with Crippen LogP contribution >= 0.6 is 0 Å². The van der Waals surface area contributed by atoms with Crippen LogP contribution in [0.25, 0.3) is 0 Å². The van der Waals surface area contributed by atoms with Gasteiger partial charge >= 0.3 is 0 Å². The lowest BCUT2D eigenvalue weighted by molar-refractivity contribution is 0.218. The molecule has 0 unspecified atom stereocenters. The van der Waals surface area contributed by atoms with E-state index in [1.54, 1.807) is 7.11 Å². The number of hydrogen-bond donors (Lipinski definition) is 0. The molecule has 1 nitrogen and oxygen atoms in total. The van der Waals surface area contributed by atoms with Gasteiger partial charge in [0.15, 0.2) is 0 Å². The van der Waals surface area contributed by atoms with Crippen LogP contribution in [0.15, 0.2) is 0 Å². The van der Waals surface area contributed by atoms with Crippen LogP contribution in [0.4, 0.5) is 0 Å². The monoisotopic (exact) mass is 149 g/mol. The molecule has 0 spiro atoms. The van der Waals surface area contributed by atoms with Crippen molar-refractivity contribution in [1.82, 2.24) is 0 Å². The van der Waals surface area contributed by atoms with Crippen molar-refractivity contribution in [3.05, 3.63) is 0 Å². The first kappa shape index (κ1) is 9.31. The smallest absolute Gasteiger partial charge is 0.131 e. The second kappa shape index (κ2) is 6.43. The van der Waals surface area contributed by atoms with E-state index >= 15 is 0 Å². The first-order valence-electron chi connectivity index (χ1n) is 3.48. The molecule has 0 saturated heterocycles. The van der Waals surface area contributed by atoms with E-state index < -0.39 is 0 Å². The minimum atomic E-state index is 0.637. The Balaban J connectivity index is 3.09. The molecule has 0 aliphatic carbocycles. The Labute approximate surface area is 61.1 Å². The summed E-state index contributed by atoms with van der Waals surface area (Å²) in [5, 5.41) is 0. The van der Waals surface area contributed by atoms with Gasteiger partial charge in [0.1, 0.15) is 17.3 Å². The van der Waals surface area contributed by atoms with Crippen molar-refractivity contribution in [3.8, 4) is 0 Å². The van der Waals surface area contributed by atoms with Crippen LogP contribution in [0, 0.1) is 0 Å². The molecule has 0 rings (SSSR count). The van der Waals surface area contributed by atoms with E-state index in [1.165, 1.54) is 17.3 Å². The molecule has 0 atom stereocenters. The molecule has 0 amide bonds. The summed E-state index contributed by atoms with van der Waals surface area (Å²) in [6, 6.07) is 0. The maximum Gasteiger partial charge on any atom is 0.131 e. The molecule has 0 heterocycles. The minimum absolute atomic E-state index is 0.637. The Bertz CT molecular complexity index is 52.9. The molecule has 0 aliphatic heterocycles. The molecule has 2 heteroatoms. The SMILES string of the molecule is CC[S+](CC)CCOC. The summed E-state index contributed by atoms with van der Waals surface area (Å²) in [4.78, 5) is 0. The number of ether oxygens (including phenoxy) is 1. The molecule has 0 aliphatic rings. The second-order valence-electron chi connectivity index (χ2n) is 1.89. The second-order valence-corrected chi connectivity index (χ2v) is 4.67. The fraction of sp³-hybridized carbons (Fsp3) is 1.00. The number of hydrogen-bond acceptors (Lipinski definition) is 1. The molecule has 0 N–H and O–H groups in total. The zero-order valence-corrected chi connectivity index (χ0v) is 7.46. The Morgan fingerprint density at radius 2 is 1.78 bits per heavy atom. The van der Waals surface area contributed by atoms with E-state index in [0.717, 1.165) is 6.61 Å². The standard InChI is InChI=1S/C7H17OS/c1-4-9(5-2)7-6-8-3/h4-7H2,1-3H3/q+1. The highest BCUT2D eigenvalue weighted by Gasteiger charge is 2.09. The summed E-state index contributed by atoms with van der Waals surface area (Å²) < 4.78 is 4.98. The van der Waals surface area contributed by atoms with Gasteiger partial charge in [0.2, 0.25) is 0 Å². The summed E-state index contributed by atoms with van der Waals surface area (Å²) in [5.74, 6) is 3.89. The predicted molar refractivity (Wildman–Crippen MR) is 45.2 cm³/mol. The molecule has 0 saturated carbocycles. The average molecular weight is 149 g/mol. The molecule has 0 aromatic rings. The van der Waals surface area contributed by atoms with Gasteiger partial charge in [-0.1, -0.05) is 0 Å². The average Bonchev–Trinajstić information content (AvgIpc) is 1.91. The predicted octanol–water partition coefficient (Wildman–Crippen LogP) is 1.29. The maximum absolute atomic E-state index is 4.98. The van der Waals surface area contributed by atoms with Crippen LogP contribution in [-0.4, -0.2) is 31.0 Å². The normalized spacial score (nSPS) is 10.7. The molecule has 56 valence electrons. The first-order chi connectivity index (χ1) is 4.35. The quantitative estimate of drug-likeness (QED) is 0.535. The van der Waals surface area contributed by atoms with Gasteiger partial charge in [-0.05, 0) is 24.7 Å². The van der Waals surface area contributed by atoms with Crippen LogP contribution in [-0.2, 0) is 15.6 Å². The molecular weight excluding hydrogens is 132 g/mol. The van der Waals surface area contributed by atoms with E-state index in [1.807, 2.05) is 0 Å². The zero-order chi connectivity index (χ0) is 7.11. The third kappa shape index (κ3) is 4.79. The fourth-order valence-corrected chi connectivity index (χ4v) is 2.08. The van der Waals surface area contributed by atoms with Crippen LogP contribution in [0.1, 0.15) is 13.8 Å². The van der Waals surface area contributed by atoms with Gasteiger partial charge < -0.3 is 4.74 Å². The van der Waals surface area contributed by atoms with Gasteiger partial charge in [0.05, 0.1) is 6.61 Å². The molecular formula is C7H17OS+. The minimum Gasteiger partial charge on any atom is -0.380 e. The lowest BCUT2D eigenvalue weighted by Crippen LogP contribution is -2.16. The van der Waals surface area contributed by atoms with Crippen molar-refractivity contribution in [2.45, 2.75) is 13.8 Å².